The second-order valence-corrected chi connectivity index (χ2v) is 8.69. The number of anilines is 1. The first kappa shape index (κ1) is 15.3. The molecule has 0 aromatic carbocycles. The van der Waals surface area contributed by atoms with E-state index in [1.807, 2.05) is 11.3 Å². The molecule has 3 nitrogen and oxygen atoms in total. The van der Waals surface area contributed by atoms with Crippen LogP contribution in [0.3, 0.4) is 0 Å². The van der Waals surface area contributed by atoms with Gasteiger partial charge in [-0.25, -0.2) is 4.98 Å². The lowest BCUT2D eigenvalue weighted by Crippen LogP contribution is -2.28. The van der Waals surface area contributed by atoms with Gasteiger partial charge in [-0.2, -0.15) is 0 Å². The van der Waals surface area contributed by atoms with Gasteiger partial charge >= 0.3 is 0 Å². The maximum atomic E-state index is 5.08. The molecule has 2 saturated carbocycles. The predicted octanol–water partition coefficient (Wildman–Crippen LogP) is 3.93. The molecule has 2 aliphatic carbocycles. The zero-order valence-corrected chi connectivity index (χ0v) is 14.7. The van der Waals surface area contributed by atoms with Gasteiger partial charge in [0, 0.05) is 29.4 Å². The predicted molar refractivity (Wildman–Crippen MR) is 91.3 cm³/mol. The fourth-order valence-electron chi connectivity index (χ4n) is 2.75. The van der Waals surface area contributed by atoms with Crippen LogP contribution in [0.25, 0.3) is 0 Å². The van der Waals surface area contributed by atoms with Crippen molar-refractivity contribution >= 4 is 16.5 Å². The summed E-state index contributed by atoms with van der Waals surface area (Å²) in [4.78, 5) is 9.13. The summed E-state index contributed by atoms with van der Waals surface area (Å²) in [5, 5.41) is 4.76. The van der Waals surface area contributed by atoms with Crippen molar-refractivity contribution in [2.75, 3.05) is 18.0 Å². The maximum Gasteiger partial charge on any atom is 0.186 e. The Bertz CT molecular complexity index is 481. The molecule has 118 valence electrons. The van der Waals surface area contributed by atoms with Crippen LogP contribution < -0.4 is 10.2 Å². The molecule has 3 rings (SSSR count). The Balaban J connectivity index is 1.84. The smallest absolute Gasteiger partial charge is 0.186 e. The molecule has 0 unspecified atom stereocenters. The van der Waals surface area contributed by atoms with Gasteiger partial charge in [-0.05, 0) is 38.1 Å². The van der Waals surface area contributed by atoms with E-state index in [-0.39, 0.29) is 5.41 Å². The number of nitrogens with zero attached hydrogens (tertiary/aromatic N) is 2. The Labute approximate surface area is 133 Å². The largest absolute Gasteiger partial charge is 0.345 e. The van der Waals surface area contributed by atoms with Crippen LogP contribution in [-0.2, 0) is 12.0 Å². The zero-order chi connectivity index (χ0) is 15.0. The van der Waals surface area contributed by atoms with Crippen LogP contribution >= 0.6 is 11.3 Å². The van der Waals surface area contributed by atoms with E-state index in [1.165, 1.54) is 47.9 Å². The summed E-state index contributed by atoms with van der Waals surface area (Å²) in [7, 11) is 0. The van der Waals surface area contributed by atoms with Crippen molar-refractivity contribution in [1.29, 1.82) is 0 Å². The Kier molecular flexibility index (Phi) is 4.28. The molecule has 0 spiro atoms. The minimum Gasteiger partial charge on any atom is -0.345 e. The SMILES string of the molecule is CCNCc1sc(N(CC2CC2)C2CC2)nc1C(C)(C)C. The van der Waals surface area contributed by atoms with Gasteiger partial charge in [0.2, 0.25) is 0 Å². The molecular formula is C17H29N3S. The summed E-state index contributed by atoms with van der Waals surface area (Å²) in [6.45, 7) is 12.2. The number of aromatic nitrogens is 1. The summed E-state index contributed by atoms with van der Waals surface area (Å²) < 4.78 is 0. The van der Waals surface area contributed by atoms with Gasteiger partial charge < -0.3 is 10.2 Å². The van der Waals surface area contributed by atoms with E-state index in [0.717, 1.165) is 25.0 Å². The summed E-state index contributed by atoms with van der Waals surface area (Å²) in [6.07, 6.45) is 5.56. The van der Waals surface area contributed by atoms with Gasteiger partial charge in [0.15, 0.2) is 5.13 Å². The highest BCUT2D eigenvalue weighted by atomic mass is 32.1. The van der Waals surface area contributed by atoms with E-state index >= 15 is 0 Å². The molecule has 0 amide bonds. The number of nitrogens with one attached hydrogen (secondary N) is 1. The van der Waals surface area contributed by atoms with E-state index in [4.69, 9.17) is 4.98 Å². The highest BCUT2D eigenvalue weighted by molar-refractivity contribution is 7.15. The van der Waals surface area contributed by atoms with E-state index in [2.05, 4.69) is 37.9 Å². The molecule has 1 N–H and O–H groups in total. The van der Waals surface area contributed by atoms with Crippen molar-refractivity contribution in [2.45, 2.75) is 71.4 Å². The lowest BCUT2D eigenvalue weighted by molar-refractivity contribution is 0.559. The first-order valence-corrected chi connectivity index (χ1v) is 9.28. The van der Waals surface area contributed by atoms with Crippen LogP contribution in [0.4, 0.5) is 5.13 Å². The summed E-state index contributed by atoms with van der Waals surface area (Å²) >= 11 is 1.92. The zero-order valence-electron chi connectivity index (χ0n) is 13.9. The van der Waals surface area contributed by atoms with E-state index < -0.39 is 0 Å². The number of rotatable bonds is 7. The maximum absolute atomic E-state index is 5.08. The number of hydrogen-bond acceptors (Lipinski definition) is 4. The second-order valence-electron chi connectivity index (χ2n) is 7.63. The van der Waals surface area contributed by atoms with E-state index in [9.17, 15) is 0 Å². The van der Waals surface area contributed by atoms with Crippen molar-refractivity contribution in [3.05, 3.63) is 10.6 Å². The summed E-state index contributed by atoms with van der Waals surface area (Å²) in [6, 6.07) is 0.775. The molecule has 1 aromatic heterocycles. The fourth-order valence-corrected chi connectivity index (χ4v) is 4.08. The molecule has 4 heteroatoms. The highest BCUT2D eigenvalue weighted by Gasteiger charge is 2.36. The van der Waals surface area contributed by atoms with Crippen LogP contribution in [0.2, 0.25) is 0 Å². The lowest BCUT2D eigenvalue weighted by Gasteiger charge is -2.21. The molecule has 0 atom stereocenters. The van der Waals surface area contributed by atoms with Crippen molar-refractivity contribution in [3.63, 3.8) is 0 Å². The Morgan fingerprint density at radius 3 is 2.48 bits per heavy atom. The molecule has 1 heterocycles. The first-order chi connectivity index (χ1) is 9.99. The van der Waals surface area contributed by atoms with Gasteiger partial charge in [-0.15, -0.1) is 11.3 Å². The Hall–Kier alpha value is -0.610. The van der Waals surface area contributed by atoms with Gasteiger partial charge in [0.25, 0.3) is 0 Å². The third-order valence-corrected chi connectivity index (χ3v) is 5.41. The van der Waals surface area contributed by atoms with Gasteiger partial charge in [-0.1, -0.05) is 27.7 Å². The van der Waals surface area contributed by atoms with Crippen LogP contribution in [0.1, 0.15) is 63.9 Å². The highest BCUT2D eigenvalue weighted by Crippen LogP contribution is 2.41. The Morgan fingerprint density at radius 1 is 1.24 bits per heavy atom. The van der Waals surface area contributed by atoms with Gasteiger partial charge in [0.05, 0.1) is 5.69 Å². The molecule has 0 saturated heterocycles. The van der Waals surface area contributed by atoms with Gasteiger partial charge in [-0.3, -0.25) is 0 Å². The Morgan fingerprint density at radius 2 is 1.95 bits per heavy atom. The van der Waals surface area contributed by atoms with Crippen molar-refractivity contribution < 1.29 is 0 Å². The van der Waals surface area contributed by atoms with Crippen LogP contribution in [-0.4, -0.2) is 24.1 Å². The van der Waals surface area contributed by atoms with Gasteiger partial charge in [0.1, 0.15) is 0 Å². The van der Waals surface area contributed by atoms with Crippen molar-refractivity contribution in [3.8, 4) is 0 Å². The third kappa shape index (κ3) is 3.78. The number of thiazole rings is 1. The minimum absolute atomic E-state index is 0.133. The summed E-state index contributed by atoms with van der Waals surface area (Å²) in [5.41, 5.74) is 1.43. The van der Waals surface area contributed by atoms with Crippen LogP contribution in [0.15, 0.2) is 0 Å². The van der Waals surface area contributed by atoms with E-state index in [0.29, 0.717) is 0 Å². The van der Waals surface area contributed by atoms with E-state index in [1.54, 1.807) is 0 Å². The normalized spacial score (nSPS) is 19.0. The van der Waals surface area contributed by atoms with Crippen LogP contribution in [0, 0.1) is 5.92 Å². The van der Waals surface area contributed by atoms with Crippen molar-refractivity contribution in [1.82, 2.24) is 10.3 Å². The number of hydrogen-bond donors (Lipinski definition) is 1. The molecule has 0 radical (unpaired) electrons. The molecule has 0 aliphatic heterocycles. The van der Waals surface area contributed by atoms with Crippen molar-refractivity contribution in [2.24, 2.45) is 5.92 Å². The van der Waals surface area contributed by atoms with Crippen LogP contribution in [0.5, 0.6) is 0 Å². The molecule has 21 heavy (non-hydrogen) atoms. The quantitative estimate of drug-likeness (QED) is 0.827. The molecular weight excluding hydrogens is 278 g/mol. The average Bonchev–Trinajstić information content (AvgIpc) is 3.30. The standard InChI is InChI=1S/C17H29N3S/c1-5-18-10-14-15(17(2,3)4)19-16(21-14)20(13-8-9-13)11-12-6-7-12/h12-13,18H,5-11H2,1-4H3. The monoisotopic (exact) mass is 307 g/mol. The molecule has 2 aliphatic rings. The third-order valence-electron chi connectivity index (χ3n) is 4.32. The lowest BCUT2D eigenvalue weighted by atomic mass is 9.91. The summed E-state index contributed by atoms with van der Waals surface area (Å²) in [5.74, 6) is 0.935. The minimum atomic E-state index is 0.133. The average molecular weight is 308 g/mol. The topological polar surface area (TPSA) is 28.2 Å². The fraction of sp³-hybridized carbons (Fsp3) is 0.824. The first-order valence-electron chi connectivity index (χ1n) is 8.46. The second kappa shape index (κ2) is 5.88. The molecule has 2 fully saturated rings. The molecule has 0 bridgehead atoms. The molecule has 1 aromatic rings.